The average molecular weight is 239 g/mol. The topological polar surface area (TPSA) is 103 Å². The predicted molar refractivity (Wildman–Crippen MR) is 57.6 cm³/mol. The summed E-state index contributed by atoms with van der Waals surface area (Å²) in [6, 6.07) is 0. The highest BCUT2D eigenvalue weighted by molar-refractivity contribution is 6.40. The summed E-state index contributed by atoms with van der Waals surface area (Å²) in [5.41, 5.74) is 9.11. The van der Waals surface area contributed by atoms with Crippen LogP contribution in [0.5, 0.6) is 0 Å². The van der Waals surface area contributed by atoms with Crippen LogP contribution in [0.15, 0.2) is 11.6 Å². The minimum absolute atomic E-state index is 0.156. The summed E-state index contributed by atoms with van der Waals surface area (Å²) < 4.78 is 4.72. The van der Waals surface area contributed by atoms with Crippen LogP contribution in [0.25, 0.3) is 5.53 Å². The molecule has 0 bridgehead atoms. The Morgan fingerprint density at radius 1 is 1.65 bits per heavy atom. The zero-order chi connectivity index (χ0) is 12.8. The van der Waals surface area contributed by atoms with Crippen LogP contribution in [0, 0.1) is 0 Å². The van der Waals surface area contributed by atoms with Gasteiger partial charge in [0.25, 0.3) is 0 Å². The Morgan fingerprint density at radius 2 is 2.35 bits per heavy atom. The maximum atomic E-state index is 11.4. The van der Waals surface area contributed by atoms with Crippen LogP contribution in [0.3, 0.4) is 0 Å². The normalized spacial score (nSPS) is 14.6. The Morgan fingerprint density at radius 3 is 2.76 bits per heavy atom. The summed E-state index contributed by atoms with van der Waals surface area (Å²) in [7, 11) is 0. The van der Waals surface area contributed by atoms with Gasteiger partial charge in [-0.2, -0.15) is 4.79 Å². The number of nitrogens with zero attached hydrogens (tertiary/aromatic N) is 3. The monoisotopic (exact) mass is 239 g/mol. The molecule has 0 aromatic rings. The molecule has 17 heavy (non-hydrogen) atoms. The number of hydrogen-bond acceptors (Lipinski definition) is 3. The van der Waals surface area contributed by atoms with E-state index < -0.39 is 12.1 Å². The molecule has 0 aromatic heterocycles. The smallest absolute Gasteiger partial charge is 0.421 e. The Balaban J connectivity index is 2.77. The van der Waals surface area contributed by atoms with Crippen molar-refractivity contribution in [2.75, 3.05) is 19.7 Å². The summed E-state index contributed by atoms with van der Waals surface area (Å²) in [5, 5.41) is 8.74. The van der Waals surface area contributed by atoms with Gasteiger partial charge in [0, 0.05) is 18.7 Å². The van der Waals surface area contributed by atoms with E-state index in [0.717, 1.165) is 0 Å². The number of rotatable bonds is 3. The van der Waals surface area contributed by atoms with Crippen LogP contribution < -0.4 is 0 Å². The van der Waals surface area contributed by atoms with Crippen LogP contribution >= 0.6 is 0 Å². The second kappa shape index (κ2) is 5.81. The lowest BCUT2D eigenvalue weighted by molar-refractivity contribution is -0.139. The number of ether oxygens (including phenoxy) is 1. The van der Waals surface area contributed by atoms with Crippen LogP contribution in [-0.2, 0) is 9.53 Å². The molecule has 0 spiro atoms. The first-order valence-electron chi connectivity index (χ1n) is 5.16. The lowest BCUT2D eigenvalue weighted by atomic mass is 10.0. The minimum Gasteiger partial charge on any atom is -0.465 e. The molecule has 1 aliphatic rings. The third kappa shape index (κ3) is 3.15. The zero-order valence-corrected chi connectivity index (χ0v) is 9.42. The number of carboxylic acid groups (broad SMARTS) is 1. The number of hydrogen-bond donors (Lipinski definition) is 1. The van der Waals surface area contributed by atoms with Crippen molar-refractivity contribution in [3.8, 4) is 0 Å². The quantitative estimate of drug-likeness (QED) is 0.335. The molecule has 1 heterocycles. The van der Waals surface area contributed by atoms with E-state index in [2.05, 4.69) is 4.79 Å². The molecule has 1 aliphatic heterocycles. The van der Waals surface area contributed by atoms with Gasteiger partial charge in [-0.1, -0.05) is 6.08 Å². The fourth-order valence-corrected chi connectivity index (χ4v) is 1.49. The third-order valence-electron chi connectivity index (χ3n) is 2.35. The van der Waals surface area contributed by atoms with Crippen molar-refractivity contribution in [1.29, 1.82) is 0 Å². The summed E-state index contributed by atoms with van der Waals surface area (Å²) in [4.78, 5) is 26.2. The average Bonchev–Trinajstić information content (AvgIpc) is 2.31. The highest BCUT2D eigenvalue weighted by Crippen LogP contribution is 2.12. The van der Waals surface area contributed by atoms with Crippen LogP contribution in [-0.4, -0.2) is 52.3 Å². The molecule has 1 N–H and O–H groups in total. The fourth-order valence-electron chi connectivity index (χ4n) is 1.49. The van der Waals surface area contributed by atoms with E-state index in [-0.39, 0.29) is 25.4 Å². The van der Waals surface area contributed by atoms with Crippen molar-refractivity contribution < 1.29 is 24.2 Å². The Kier molecular flexibility index (Phi) is 4.42. The first-order valence-corrected chi connectivity index (χ1v) is 5.16. The van der Waals surface area contributed by atoms with Crippen LogP contribution in [0.1, 0.15) is 13.3 Å². The highest BCUT2D eigenvalue weighted by atomic mass is 16.5. The fraction of sp³-hybridized carbons (Fsp3) is 0.500. The zero-order valence-electron chi connectivity index (χ0n) is 9.42. The molecule has 0 aromatic carbocycles. The molecule has 0 fully saturated rings. The Hall–Kier alpha value is -2.14. The molecule has 7 heteroatoms. The molecule has 1 amide bonds. The molecule has 1 rings (SSSR count). The summed E-state index contributed by atoms with van der Waals surface area (Å²) in [5.74, 6) is -0.704. The molecule has 0 radical (unpaired) electrons. The van der Waals surface area contributed by atoms with Crippen molar-refractivity contribution in [2.45, 2.75) is 13.3 Å². The predicted octanol–water partition coefficient (Wildman–Crippen LogP) is 0.530. The van der Waals surface area contributed by atoms with Crippen molar-refractivity contribution in [3.05, 3.63) is 17.2 Å². The third-order valence-corrected chi connectivity index (χ3v) is 2.35. The molecule has 92 valence electrons. The van der Waals surface area contributed by atoms with Crippen molar-refractivity contribution >= 4 is 17.8 Å². The standard InChI is InChI=1S/C10H13N3O4/c1-2-17-9(14)8(12-11)7-3-5-13(6-4-7)10(15)16/h3H,2,4-6H2,1H3,(H,15,16). The van der Waals surface area contributed by atoms with E-state index in [1.807, 2.05) is 0 Å². The first-order chi connectivity index (χ1) is 8.10. The van der Waals surface area contributed by atoms with Gasteiger partial charge in [-0.15, -0.1) is 0 Å². The van der Waals surface area contributed by atoms with Gasteiger partial charge in [-0.25, -0.2) is 9.59 Å². The van der Waals surface area contributed by atoms with Crippen LogP contribution in [0.2, 0.25) is 0 Å². The highest BCUT2D eigenvalue weighted by Gasteiger charge is 2.29. The number of carbonyl (C=O) groups is 2. The Bertz CT molecular complexity index is 410. The summed E-state index contributed by atoms with van der Waals surface area (Å²) in [6.45, 7) is 2.27. The van der Waals surface area contributed by atoms with Gasteiger partial charge in [0.2, 0.25) is 0 Å². The van der Waals surface area contributed by atoms with Gasteiger partial charge in [0.05, 0.1) is 6.61 Å². The molecular formula is C10H13N3O4. The van der Waals surface area contributed by atoms with Gasteiger partial charge in [0.1, 0.15) is 0 Å². The van der Waals surface area contributed by atoms with E-state index in [9.17, 15) is 9.59 Å². The first kappa shape index (κ1) is 12.9. The molecule has 0 saturated carbocycles. The van der Waals surface area contributed by atoms with Gasteiger partial charge in [-0.3, -0.25) is 0 Å². The van der Waals surface area contributed by atoms with E-state index in [1.165, 1.54) is 4.90 Å². The van der Waals surface area contributed by atoms with Crippen molar-refractivity contribution in [1.82, 2.24) is 4.90 Å². The number of amides is 1. The van der Waals surface area contributed by atoms with E-state index in [1.54, 1.807) is 13.0 Å². The molecule has 0 saturated heterocycles. The molecule has 0 unspecified atom stereocenters. The summed E-state index contributed by atoms with van der Waals surface area (Å²) in [6.07, 6.45) is 0.854. The second-order valence-electron chi connectivity index (χ2n) is 3.38. The van der Waals surface area contributed by atoms with Gasteiger partial charge in [-0.05, 0) is 13.3 Å². The van der Waals surface area contributed by atoms with Crippen molar-refractivity contribution in [3.63, 3.8) is 0 Å². The maximum Gasteiger partial charge on any atom is 0.421 e. The van der Waals surface area contributed by atoms with E-state index in [0.29, 0.717) is 12.0 Å². The van der Waals surface area contributed by atoms with Gasteiger partial charge >= 0.3 is 17.8 Å². The second-order valence-corrected chi connectivity index (χ2v) is 3.38. The minimum atomic E-state index is -1.01. The van der Waals surface area contributed by atoms with Crippen molar-refractivity contribution in [2.24, 2.45) is 0 Å². The number of esters is 1. The van der Waals surface area contributed by atoms with E-state index in [4.69, 9.17) is 15.4 Å². The van der Waals surface area contributed by atoms with E-state index >= 15 is 0 Å². The Labute approximate surface area is 97.9 Å². The maximum absolute atomic E-state index is 11.4. The summed E-state index contributed by atoms with van der Waals surface area (Å²) >= 11 is 0. The SMILES string of the molecule is CCOC(=O)C(=[N+]=[N-])C1=CCN(C(=O)O)CC1. The molecule has 0 atom stereocenters. The van der Waals surface area contributed by atoms with Gasteiger partial charge < -0.3 is 20.3 Å². The largest absolute Gasteiger partial charge is 0.465 e. The lowest BCUT2D eigenvalue weighted by Crippen LogP contribution is -2.35. The number of carbonyl (C=O) groups excluding carboxylic acids is 1. The molecule has 7 nitrogen and oxygen atoms in total. The van der Waals surface area contributed by atoms with Gasteiger partial charge in [0.15, 0.2) is 0 Å². The lowest BCUT2D eigenvalue weighted by Gasteiger charge is -2.21. The van der Waals surface area contributed by atoms with Crippen LogP contribution in [0.4, 0.5) is 4.79 Å². The molecule has 0 aliphatic carbocycles. The molecular weight excluding hydrogens is 226 g/mol.